The predicted molar refractivity (Wildman–Crippen MR) is 114 cm³/mol. The van der Waals surface area contributed by atoms with Gasteiger partial charge in [0.15, 0.2) is 0 Å². The smallest absolute Gasteiger partial charge is 0.110 e. The van der Waals surface area contributed by atoms with Gasteiger partial charge in [0.05, 0.1) is 17.1 Å². The highest BCUT2D eigenvalue weighted by molar-refractivity contribution is 5.74. The van der Waals surface area contributed by atoms with Crippen molar-refractivity contribution in [1.82, 2.24) is 14.9 Å². The summed E-state index contributed by atoms with van der Waals surface area (Å²) >= 11 is 0. The number of nitrogens with one attached hydrogen (secondary N) is 1. The van der Waals surface area contributed by atoms with Crippen molar-refractivity contribution in [2.24, 2.45) is 0 Å². The van der Waals surface area contributed by atoms with Gasteiger partial charge in [0, 0.05) is 5.92 Å². The quantitative estimate of drug-likeness (QED) is 0.514. The van der Waals surface area contributed by atoms with E-state index in [1.54, 1.807) is 0 Å². The second kappa shape index (κ2) is 7.61. The molecule has 0 radical (unpaired) electrons. The zero-order valence-corrected chi connectivity index (χ0v) is 16.0. The zero-order valence-electron chi connectivity index (χ0n) is 16.0. The second-order valence-corrected chi connectivity index (χ2v) is 7.67. The predicted octanol–water partition coefficient (Wildman–Crippen LogP) is 5.53. The van der Waals surface area contributed by atoms with Crippen molar-refractivity contribution in [3.8, 4) is 0 Å². The summed E-state index contributed by atoms with van der Waals surface area (Å²) in [5.74, 6) is 1.66. The molecule has 0 atom stereocenters. The molecule has 0 unspecified atom stereocenters. The molecule has 0 bridgehead atoms. The van der Waals surface area contributed by atoms with E-state index in [9.17, 15) is 0 Å². The fourth-order valence-corrected chi connectivity index (χ4v) is 4.48. The van der Waals surface area contributed by atoms with Crippen molar-refractivity contribution in [1.29, 1.82) is 0 Å². The highest BCUT2D eigenvalue weighted by Gasteiger charge is 2.29. The molecule has 3 aromatic carbocycles. The minimum absolute atomic E-state index is 0.319. The number of rotatable bonds is 4. The van der Waals surface area contributed by atoms with Gasteiger partial charge >= 0.3 is 0 Å². The van der Waals surface area contributed by atoms with E-state index < -0.39 is 0 Å². The van der Waals surface area contributed by atoms with Crippen LogP contribution < -0.4 is 0 Å². The van der Waals surface area contributed by atoms with Gasteiger partial charge in [-0.1, -0.05) is 72.8 Å². The van der Waals surface area contributed by atoms with Gasteiger partial charge in [0.1, 0.15) is 5.82 Å². The minimum Gasteiger partial charge on any atom is -0.342 e. The normalized spacial score (nSPS) is 16.0. The molecule has 0 spiro atoms. The van der Waals surface area contributed by atoms with Crippen LogP contribution >= 0.6 is 0 Å². The van der Waals surface area contributed by atoms with Gasteiger partial charge in [-0.05, 0) is 49.2 Å². The molecule has 28 heavy (non-hydrogen) atoms. The van der Waals surface area contributed by atoms with E-state index in [0.29, 0.717) is 12.0 Å². The van der Waals surface area contributed by atoms with E-state index >= 15 is 0 Å². The Balaban J connectivity index is 1.37. The Morgan fingerprint density at radius 1 is 0.750 bits per heavy atom. The zero-order chi connectivity index (χ0) is 18.8. The Kier molecular flexibility index (Phi) is 4.67. The summed E-state index contributed by atoms with van der Waals surface area (Å²) in [5.41, 5.74) is 4.96. The van der Waals surface area contributed by atoms with Crippen LogP contribution in [0.3, 0.4) is 0 Å². The van der Waals surface area contributed by atoms with Crippen LogP contribution in [0.1, 0.15) is 41.8 Å². The summed E-state index contributed by atoms with van der Waals surface area (Å²) in [5, 5.41) is 0. The van der Waals surface area contributed by atoms with Crippen molar-refractivity contribution in [2.45, 2.75) is 24.8 Å². The standard InChI is InChI=1S/C25H25N3/c1-3-9-19(10-4-1)24(20-11-5-2-6-12-20)28-17-15-21(16-18-28)25-26-22-13-7-8-14-23(22)27-25/h1-14,21,24H,15-18H2,(H,26,27). The van der Waals surface area contributed by atoms with Crippen LogP contribution in [0.2, 0.25) is 0 Å². The van der Waals surface area contributed by atoms with Gasteiger partial charge in [0.25, 0.3) is 0 Å². The third-order valence-corrected chi connectivity index (χ3v) is 5.92. The monoisotopic (exact) mass is 367 g/mol. The number of fused-ring (bicyclic) bond motifs is 1. The molecule has 1 aromatic heterocycles. The Bertz CT molecular complexity index is 959. The highest BCUT2D eigenvalue weighted by Crippen LogP contribution is 2.35. The van der Waals surface area contributed by atoms with Crippen LogP contribution in [0.4, 0.5) is 0 Å². The molecular formula is C25H25N3. The lowest BCUT2D eigenvalue weighted by atomic mass is 9.91. The van der Waals surface area contributed by atoms with Gasteiger partial charge in [-0.3, -0.25) is 4.90 Å². The summed E-state index contributed by atoms with van der Waals surface area (Å²) in [4.78, 5) is 11.0. The molecule has 5 rings (SSSR count). The number of piperidine rings is 1. The lowest BCUT2D eigenvalue weighted by molar-refractivity contribution is 0.172. The molecule has 2 heterocycles. The van der Waals surface area contributed by atoms with Gasteiger partial charge in [-0.25, -0.2) is 4.98 Å². The number of H-pyrrole nitrogens is 1. The maximum Gasteiger partial charge on any atom is 0.110 e. The molecule has 3 nitrogen and oxygen atoms in total. The van der Waals surface area contributed by atoms with E-state index in [-0.39, 0.29) is 0 Å². The number of nitrogens with zero attached hydrogens (tertiary/aromatic N) is 2. The molecule has 1 fully saturated rings. The molecule has 140 valence electrons. The largest absolute Gasteiger partial charge is 0.342 e. The number of imidazole rings is 1. The summed E-state index contributed by atoms with van der Waals surface area (Å²) in [6.45, 7) is 2.16. The number of hydrogen-bond acceptors (Lipinski definition) is 2. The van der Waals surface area contributed by atoms with Crippen LogP contribution in [0.5, 0.6) is 0 Å². The number of aromatic nitrogens is 2. The maximum atomic E-state index is 4.85. The Morgan fingerprint density at radius 2 is 1.32 bits per heavy atom. The third kappa shape index (κ3) is 3.34. The van der Waals surface area contributed by atoms with E-state index in [0.717, 1.165) is 42.8 Å². The van der Waals surface area contributed by atoms with E-state index in [4.69, 9.17) is 4.98 Å². The topological polar surface area (TPSA) is 31.9 Å². The Morgan fingerprint density at radius 3 is 1.93 bits per heavy atom. The van der Waals surface area contributed by atoms with E-state index in [1.807, 2.05) is 0 Å². The first kappa shape index (κ1) is 17.2. The molecule has 1 aliphatic heterocycles. The average molecular weight is 367 g/mol. The molecule has 3 heteroatoms. The molecule has 1 N–H and O–H groups in total. The SMILES string of the molecule is c1ccc(C(c2ccccc2)N2CCC(c3nc4ccccc4[nH]3)CC2)cc1. The van der Waals surface area contributed by atoms with Gasteiger partial charge in [-0.15, -0.1) is 0 Å². The van der Waals surface area contributed by atoms with E-state index in [1.165, 1.54) is 11.1 Å². The fourth-order valence-electron chi connectivity index (χ4n) is 4.48. The lowest BCUT2D eigenvalue weighted by Crippen LogP contribution is -2.37. The summed E-state index contributed by atoms with van der Waals surface area (Å²) in [6.07, 6.45) is 2.27. The van der Waals surface area contributed by atoms with Gasteiger partial charge in [0.2, 0.25) is 0 Å². The van der Waals surface area contributed by atoms with Crippen molar-refractivity contribution < 1.29 is 0 Å². The van der Waals surface area contributed by atoms with Crippen LogP contribution in [0.15, 0.2) is 84.9 Å². The lowest BCUT2D eigenvalue weighted by Gasteiger charge is -2.37. The summed E-state index contributed by atoms with van der Waals surface area (Å²) in [7, 11) is 0. The molecule has 0 amide bonds. The number of hydrogen-bond donors (Lipinski definition) is 1. The molecule has 1 aliphatic rings. The third-order valence-electron chi connectivity index (χ3n) is 5.92. The van der Waals surface area contributed by atoms with Crippen LogP contribution in [-0.2, 0) is 0 Å². The molecule has 0 saturated carbocycles. The molecule has 1 saturated heterocycles. The fraction of sp³-hybridized carbons (Fsp3) is 0.240. The van der Waals surface area contributed by atoms with Crippen molar-refractivity contribution in [2.75, 3.05) is 13.1 Å². The van der Waals surface area contributed by atoms with Crippen LogP contribution in [0.25, 0.3) is 11.0 Å². The number of benzene rings is 3. The van der Waals surface area contributed by atoms with Gasteiger partial charge in [-0.2, -0.15) is 0 Å². The minimum atomic E-state index is 0.319. The van der Waals surface area contributed by atoms with Crippen molar-refractivity contribution in [3.63, 3.8) is 0 Å². The number of aromatic amines is 1. The number of para-hydroxylation sites is 2. The Labute approximate surface area is 166 Å². The average Bonchev–Trinajstić information content (AvgIpc) is 3.20. The van der Waals surface area contributed by atoms with Crippen molar-refractivity contribution >= 4 is 11.0 Å². The van der Waals surface area contributed by atoms with E-state index in [2.05, 4.69) is 94.8 Å². The first-order chi connectivity index (χ1) is 13.9. The van der Waals surface area contributed by atoms with Gasteiger partial charge < -0.3 is 4.98 Å². The van der Waals surface area contributed by atoms with Crippen molar-refractivity contribution in [3.05, 3.63) is 102 Å². The first-order valence-corrected chi connectivity index (χ1v) is 10.2. The molecule has 4 aromatic rings. The summed E-state index contributed by atoms with van der Waals surface area (Å²) in [6, 6.07) is 30.4. The maximum absolute atomic E-state index is 4.85. The van der Waals surface area contributed by atoms with Crippen LogP contribution in [-0.4, -0.2) is 28.0 Å². The first-order valence-electron chi connectivity index (χ1n) is 10.2. The molecule has 0 aliphatic carbocycles. The Hall–Kier alpha value is -2.91. The molecular weight excluding hydrogens is 342 g/mol. The second-order valence-electron chi connectivity index (χ2n) is 7.67. The van der Waals surface area contributed by atoms with Crippen LogP contribution in [0, 0.1) is 0 Å². The summed E-state index contributed by atoms with van der Waals surface area (Å²) < 4.78 is 0. The number of likely N-dealkylation sites (tertiary alicyclic amines) is 1. The highest BCUT2D eigenvalue weighted by atomic mass is 15.2.